The zero-order chi connectivity index (χ0) is 13.7. The molecule has 0 radical (unpaired) electrons. The number of hydrogen-bond acceptors (Lipinski definition) is 5. The van der Waals surface area contributed by atoms with Crippen molar-refractivity contribution in [2.24, 2.45) is 0 Å². The molecule has 4 rings (SSSR count). The van der Waals surface area contributed by atoms with E-state index in [1.165, 1.54) is 0 Å². The maximum absolute atomic E-state index is 6.12. The fourth-order valence-corrected chi connectivity index (χ4v) is 3.60. The van der Waals surface area contributed by atoms with E-state index in [0.717, 1.165) is 20.4 Å². The zero-order valence-corrected chi connectivity index (χ0v) is 12.7. The van der Waals surface area contributed by atoms with Crippen LogP contribution in [-0.4, -0.2) is 20.9 Å². The summed E-state index contributed by atoms with van der Waals surface area (Å²) in [6.07, 6.45) is 3.87. The van der Waals surface area contributed by atoms with Crippen LogP contribution in [0.5, 0.6) is 0 Å². The molecular formula is C13H8ClN3OS2. The van der Waals surface area contributed by atoms with Gasteiger partial charge in [0.15, 0.2) is 15.7 Å². The second-order valence-corrected chi connectivity index (χ2v) is 6.61. The third-order valence-electron chi connectivity index (χ3n) is 2.95. The molecule has 0 aliphatic heterocycles. The Hall–Kier alpha value is -1.50. The SMILES string of the molecule is CSc1nn2cc(-c3cc4cccc(Cl)c4o3)nc2s1. The van der Waals surface area contributed by atoms with Crippen LogP contribution in [0.1, 0.15) is 0 Å². The summed E-state index contributed by atoms with van der Waals surface area (Å²) in [5, 5.41) is 6.00. The van der Waals surface area contributed by atoms with Crippen molar-refractivity contribution in [3.8, 4) is 11.5 Å². The Morgan fingerprint density at radius 3 is 3.05 bits per heavy atom. The van der Waals surface area contributed by atoms with E-state index >= 15 is 0 Å². The van der Waals surface area contributed by atoms with E-state index in [4.69, 9.17) is 16.0 Å². The second kappa shape index (κ2) is 4.51. The summed E-state index contributed by atoms with van der Waals surface area (Å²) in [6.45, 7) is 0. The molecule has 0 atom stereocenters. The van der Waals surface area contributed by atoms with Gasteiger partial charge >= 0.3 is 0 Å². The third-order valence-corrected chi connectivity index (χ3v) is 5.14. The highest BCUT2D eigenvalue weighted by molar-refractivity contribution is 8.00. The summed E-state index contributed by atoms with van der Waals surface area (Å²) >= 11 is 9.29. The molecule has 7 heteroatoms. The van der Waals surface area contributed by atoms with E-state index in [9.17, 15) is 0 Å². The van der Waals surface area contributed by atoms with E-state index < -0.39 is 0 Å². The molecule has 0 fully saturated rings. The molecule has 0 saturated carbocycles. The molecule has 0 aliphatic carbocycles. The lowest BCUT2D eigenvalue weighted by Crippen LogP contribution is -1.79. The molecular weight excluding hydrogens is 314 g/mol. The minimum absolute atomic E-state index is 0.609. The van der Waals surface area contributed by atoms with E-state index in [-0.39, 0.29) is 0 Å². The highest BCUT2D eigenvalue weighted by Crippen LogP contribution is 2.32. The number of para-hydroxylation sites is 1. The van der Waals surface area contributed by atoms with E-state index in [2.05, 4.69) is 10.1 Å². The van der Waals surface area contributed by atoms with Gasteiger partial charge in [-0.1, -0.05) is 46.8 Å². The van der Waals surface area contributed by atoms with Gasteiger partial charge in [0.25, 0.3) is 0 Å². The van der Waals surface area contributed by atoms with Crippen LogP contribution in [0.2, 0.25) is 5.02 Å². The van der Waals surface area contributed by atoms with Gasteiger partial charge in [0.2, 0.25) is 4.96 Å². The Kier molecular flexibility index (Phi) is 2.76. The smallest absolute Gasteiger partial charge is 0.213 e. The van der Waals surface area contributed by atoms with Gasteiger partial charge in [0.05, 0.1) is 11.2 Å². The Balaban J connectivity index is 1.87. The van der Waals surface area contributed by atoms with Gasteiger partial charge in [0, 0.05) is 5.39 Å². The van der Waals surface area contributed by atoms with Crippen molar-refractivity contribution in [3.05, 3.63) is 35.5 Å². The van der Waals surface area contributed by atoms with Gasteiger partial charge in [-0.3, -0.25) is 0 Å². The quantitative estimate of drug-likeness (QED) is 0.507. The van der Waals surface area contributed by atoms with Crippen molar-refractivity contribution in [1.82, 2.24) is 14.6 Å². The molecule has 4 aromatic rings. The van der Waals surface area contributed by atoms with Crippen LogP contribution in [-0.2, 0) is 0 Å². The van der Waals surface area contributed by atoms with Crippen molar-refractivity contribution in [2.45, 2.75) is 4.34 Å². The van der Waals surface area contributed by atoms with Crippen LogP contribution in [0.3, 0.4) is 0 Å². The van der Waals surface area contributed by atoms with Gasteiger partial charge in [-0.25, -0.2) is 9.50 Å². The first-order valence-corrected chi connectivity index (χ1v) is 8.25. The lowest BCUT2D eigenvalue weighted by atomic mass is 10.2. The first-order chi connectivity index (χ1) is 9.74. The molecule has 0 bridgehead atoms. The molecule has 0 aliphatic rings. The van der Waals surface area contributed by atoms with Crippen molar-refractivity contribution in [1.29, 1.82) is 0 Å². The van der Waals surface area contributed by atoms with Gasteiger partial charge in [-0.15, -0.1) is 5.10 Å². The third kappa shape index (κ3) is 1.83. The maximum Gasteiger partial charge on any atom is 0.213 e. The molecule has 1 aromatic carbocycles. The van der Waals surface area contributed by atoms with Crippen LogP contribution in [0.25, 0.3) is 27.4 Å². The highest BCUT2D eigenvalue weighted by Gasteiger charge is 2.14. The molecule has 0 unspecified atom stereocenters. The van der Waals surface area contributed by atoms with Gasteiger partial charge in [-0.2, -0.15) is 0 Å². The maximum atomic E-state index is 6.12. The second-order valence-electron chi connectivity index (χ2n) is 4.19. The van der Waals surface area contributed by atoms with Crippen LogP contribution in [0, 0.1) is 0 Å². The van der Waals surface area contributed by atoms with Crippen LogP contribution < -0.4 is 0 Å². The summed E-state index contributed by atoms with van der Waals surface area (Å²) in [5.74, 6) is 0.705. The van der Waals surface area contributed by atoms with E-state index in [0.29, 0.717) is 16.4 Å². The van der Waals surface area contributed by atoms with Crippen molar-refractivity contribution >= 4 is 50.6 Å². The molecule has 4 nitrogen and oxygen atoms in total. The summed E-state index contributed by atoms with van der Waals surface area (Å²) in [5.41, 5.74) is 1.46. The Morgan fingerprint density at radius 2 is 2.30 bits per heavy atom. The van der Waals surface area contributed by atoms with Crippen molar-refractivity contribution in [3.63, 3.8) is 0 Å². The number of aromatic nitrogens is 3. The number of fused-ring (bicyclic) bond motifs is 2. The fourth-order valence-electron chi connectivity index (χ4n) is 2.04. The van der Waals surface area contributed by atoms with Crippen LogP contribution in [0.15, 0.2) is 39.2 Å². The number of imidazole rings is 1. The van der Waals surface area contributed by atoms with Gasteiger partial charge in [-0.05, 0) is 18.4 Å². The largest absolute Gasteiger partial charge is 0.453 e. The first kappa shape index (κ1) is 12.3. The summed E-state index contributed by atoms with van der Waals surface area (Å²) in [4.78, 5) is 5.40. The van der Waals surface area contributed by atoms with Gasteiger partial charge in [0.1, 0.15) is 5.69 Å². The van der Waals surface area contributed by atoms with E-state index in [1.54, 1.807) is 27.6 Å². The number of benzene rings is 1. The minimum atomic E-state index is 0.609. The molecule has 0 N–H and O–H groups in total. The monoisotopic (exact) mass is 321 g/mol. The number of furan rings is 1. The van der Waals surface area contributed by atoms with E-state index in [1.807, 2.05) is 36.7 Å². The Morgan fingerprint density at radius 1 is 1.40 bits per heavy atom. The predicted molar refractivity (Wildman–Crippen MR) is 82.9 cm³/mol. The molecule has 100 valence electrons. The average molecular weight is 322 g/mol. The lowest BCUT2D eigenvalue weighted by Gasteiger charge is -1.90. The van der Waals surface area contributed by atoms with Crippen molar-refractivity contribution < 1.29 is 4.42 Å². The Bertz CT molecular complexity index is 893. The molecule has 3 heterocycles. The standard InChI is InChI=1S/C13H8ClN3OS2/c1-19-13-16-17-6-9(15-12(17)20-13)10-5-7-3-2-4-8(14)11(7)18-10/h2-6H,1H3. The highest BCUT2D eigenvalue weighted by atomic mass is 35.5. The normalized spacial score (nSPS) is 11.7. The first-order valence-electron chi connectivity index (χ1n) is 5.83. The number of thioether (sulfide) groups is 1. The molecule has 0 amide bonds. The summed E-state index contributed by atoms with van der Waals surface area (Å²) in [7, 11) is 0. The van der Waals surface area contributed by atoms with Gasteiger partial charge < -0.3 is 4.42 Å². The summed E-state index contributed by atoms with van der Waals surface area (Å²) in [6, 6.07) is 7.64. The lowest BCUT2D eigenvalue weighted by molar-refractivity contribution is 0.629. The molecule has 0 spiro atoms. The van der Waals surface area contributed by atoms with Crippen LogP contribution in [0.4, 0.5) is 0 Å². The fraction of sp³-hybridized carbons (Fsp3) is 0.0769. The van der Waals surface area contributed by atoms with Crippen LogP contribution >= 0.6 is 34.7 Å². The number of hydrogen-bond donors (Lipinski definition) is 0. The predicted octanol–water partition coefficient (Wildman–Crippen LogP) is 4.58. The van der Waals surface area contributed by atoms with Crippen molar-refractivity contribution in [2.75, 3.05) is 6.26 Å². The number of rotatable bonds is 2. The number of halogens is 1. The Labute approximate surface area is 127 Å². The zero-order valence-electron chi connectivity index (χ0n) is 10.3. The average Bonchev–Trinajstić information content (AvgIpc) is 3.09. The summed E-state index contributed by atoms with van der Waals surface area (Å²) < 4.78 is 8.57. The molecule has 3 aromatic heterocycles. The minimum Gasteiger partial charge on any atom is -0.453 e. The molecule has 20 heavy (non-hydrogen) atoms. The number of nitrogens with zero attached hydrogens (tertiary/aromatic N) is 3. The molecule has 0 saturated heterocycles. The topological polar surface area (TPSA) is 43.3 Å².